The maximum Gasteiger partial charge on any atom is 0.326 e. The Morgan fingerprint density at radius 3 is 2.78 bits per heavy atom. The van der Waals surface area contributed by atoms with Crippen LogP contribution in [0.15, 0.2) is 28.9 Å². The maximum absolute atomic E-state index is 12.6. The third kappa shape index (κ3) is 3.42. The zero-order valence-electron chi connectivity index (χ0n) is 17.1. The Kier molecular flexibility index (Phi) is 4.46. The summed E-state index contributed by atoms with van der Waals surface area (Å²) in [5.41, 5.74) is 2.24. The number of aromatic nitrogens is 3. The predicted octanol–water partition coefficient (Wildman–Crippen LogP) is 1.78. The molecule has 164 valence electrons. The quantitative estimate of drug-likeness (QED) is 0.468. The predicted molar refractivity (Wildman–Crippen MR) is 119 cm³/mol. The fraction of sp³-hybridized carbons (Fsp3) is 0.381. The second-order valence-electron chi connectivity index (χ2n) is 8.34. The van der Waals surface area contributed by atoms with Crippen LogP contribution in [0.5, 0.6) is 0 Å². The minimum atomic E-state index is -0.546. The van der Waals surface area contributed by atoms with Crippen molar-refractivity contribution in [1.82, 2.24) is 30.1 Å². The highest BCUT2D eigenvalue weighted by Gasteiger charge is 2.32. The summed E-state index contributed by atoms with van der Waals surface area (Å²) in [7, 11) is 0. The minimum absolute atomic E-state index is 0.0323. The number of carbonyl (C=O) groups excluding carboxylic acids is 3. The van der Waals surface area contributed by atoms with Gasteiger partial charge in [0.05, 0.1) is 22.0 Å². The lowest BCUT2D eigenvalue weighted by molar-refractivity contribution is -0.129. The summed E-state index contributed by atoms with van der Waals surface area (Å²) in [6, 6.07) is 1.87. The molecule has 2 aromatic heterocycles. The molecule has 32 heavy (non-hydrogen) atoms. The van der Waals surface area contributed by atoms with E-state index in [-0.39, 0.29) is 16.9 Å². The Morgan fingerprint density at radius 1 is 1.25 bits per heavy atom. The van der Waals surface area contributed by atoms with Gasteiger partial charge in [-0.2, -0.15) is 9.61 Å². The molecule has 2 saturated heterocycles. The van der Waals surface area contributed by atoms with Gasteiger partial charge < -0.3 is 15.5 Å². The van der Waals surface area contributed by atoms with Crippen molar-refractivity contribution in [2.24, 2.45) is 0 Å². The highest BCUT2D eigenvalue weighted by atomic mass is 32.2. The van der Waals surface area contributed by atoms with E-state index >= 15 is 0 Å². The molecule has 10 nitrogen and oxygen atoms in total. The number of hydrogen-bond acceptors (Lipinski definition) is 7. The van der Waals surface area contributed by atoms with Crippen LogP contribution in [0, 0.1) is 0 Å². The lowest BCUT2D eigenvalue weighted by Gasteiger charge is -2.31. The summed E-state index contributed by atoms with van der Waals surface area (Å²) >= 11 is 1.56. The Bertz CT molecular complexity index is 1230. The van der Waals surface area contributed by atoms with Gasteiger partial charge in [0, 0.05) is 30.8 Å². The molecule has 3 aliphatic heterocycles. The fourth-order valence-corrected chi connectivity index (χ4v) is 5.06. The van der Waals surface area contributed by atoms with Gasteiger partial charge in [-0.25, -0.2) is 9.78 Å². The SMILES string of the molecule is O=C1NC(=O)/C(=C/c2cnn3c(NC4CC4)cc(C4CC=C(C(=O)N5CCC5)S4)nc23)N1. The number of likely N-dealkylation sites (tertiary alicyclic amines) is 1. The topological polar surface area (TPSA) is 121 Å². The van der Waals surface area contributed by atoms with Crippen LogP contribution in [-0.2, 0) is 9.59 Å². The molecule has 4 aliphatic rings. The molecule has 11 heteroatoms. The molecular formula is C21H21N7O3S. The number of anilines is 1. The summed E-state index contributed by atoms with van der Waals surface area (Å²) in [5.74, 6) is 0.464. The number of fused-ring (bicyclic) bond motifs is 1. The van der Waals surface area contributed by atoms with Gasteiger partial charge in [-0.1, -0.05) is 6.08 Å². The fourth-order valence-electron chi connectivity index (χ4n) is 3.90. The lowest BCUT2D eigenvalue weighted by atomic mass is 10.2. The first-order valence-corrected chi connectivity index (χ1v) is 11.6. The standard InChI is InChI=1S/C21H21N7O3S/c29-19-14(25-21(31)26-19)8-11-10-22-28-17(23-12-2-3-12)9-13(24-18(11)28)15-4-5-16(32-15)20(30)27-6-1-7-27/h5,8-10,12,15,23H,1-4,6-7H2,(H2,25,26,29,31)/b14-8-. The largest absolute Gasteiger partial charge is 0.367 e. The molecule has 1 atom stereocenters. The van der Waals surface area contributed by atoms with E-state index in [0.717, 1.165) is 55.2 Å². The Hall–Kier alpha value is -3.34. The smallest absolute Gasteiger partial charge is 0.326 e. The van der Waals surface area contributed by atoms with Crippen molar-refractivity contribution in [1.29, 1.82) is 0 Å². The number of nitrogens with zero attached hydrogens (tertiary/aromatic N) is 4. The first-order valence-electron chi connectivity index (χ1n) is 10.7. The molecule has 1 saturated carbocycles. The lowest BCUT2D eigenvalue weighted by Crippen LogP contribution is -2.42. The zero-order chi connectivity index (χ0) is 21.8. The number of nitrogens with one attached hydrogen (secondary N) is 3. The third-order valence-corrected chi connectivity index (χ3v) is 7.25. The van der Waals surface area contributed by atoms with Crippen LogP contribution in [0.25, 0.3) is 11.7 Å². The Labute approximate surface area is 187 Å². The van der Waals surface area contributed by atoms with E-state index < -0.39 is 11.9 Å². The number of carbonyl (C=O) groups is 3. The molecule has 1 unspecified atom stereocenters. The molecule has 4 amide bonds. The van der Waals surface area contributed by atoms with Crippen molar-refractivity contribution in [2.75, 3.05) is 18.4 Å². The number of thioether (sulfide) groups is 1. The minimum Gasteiger partial charge on any atom is -0.367 e. The van der Waals surface area contributed by atoms with Gasteiger partial charge in [-0.15, -0.1) is 11.8 Å². The number of allylic oxidation sites excluding steroid dienone is 1. The van der Waals surface area contributed by atoms with E-state index in [1.54, 1.807) is 28.6 Å². The third-order valence-electron chi connectivity index (χ3n) is 5.94. The summed E-state index contributed by atoms with van der Waals surface area (Å²) in [6.07, 6.45) is 9.24. The van der Waals surface area contributed by atoms with E-state index in [4.69, 9.17) is 4.98 Å². The number of imide groups is 1. The first-order chi connectivity index (χ1) is 15.5. The van der Waals surface area contributed by atoms with Gasteiger partial charge in [-0.3, -0.25) is 14.9 Å². The molecule has 3 N–H and O–H groups in total. The molecule has 1 aliphatic carbocycles. The van der Waals surface area contributed by atoms with Crippen molar-refractivity contribution < 1.29 is 14.4 Å². The van der Waals surface area contributed by atoms with Crippen molar-refractivity contribution in [3.63, 3.8) is 0 Å². The van der Waals surface area contributed by atoms with Gasteiger partial charge in [0.15, 0.2) is 5.65 Å². The van der Waals surface area contributed by atoms with Crippen LogP contribution >= 0.6 is 11.8 Å². The highest BCUT2D eigenvalue weighted by Crippen LogP contribution is 2.45. The second kappa shape index (κ2) is 7.37. The summed E-state index contributed by atoms with van der Waals surface area (Å²) in [6.45, 7) is 1.66. The highest BCUT2D eigenvalue weighted by molar-refractivity contribution is 8.04. The van der Waals surface area contributed by atoms with E-state index in [1.807, 2.05) is 17.0 Å². The van der Waals surface area contributed by atoms with E-state index in [2.05, 4.69) is 21.0 Å². The molecule has 2 aromatic rings. The maximum atomic E-state index is 12.6. The molecule has 0 radical (unpaired) electrons. The second-order valence-corrected chi connectivity index (χ2v) is 9.59. The summed E-state index contributed by atoms with van der Waals surface area (Å²) < 4.78 is 1.72. The average Bonchev–Trinajstić information content (AvgIpc) is 3.11. The van der Waals surface area contributed by atoms with Crippen molar-refractivity contribution in [3.05, 3.63) is 40.2 Å². The van der Waals surface area contributed by atoms with Crippen molar-refractivity contribution in [2.45, 2.75) is 37.0 Å². The Morgan fingerprint density at radius 2 is 2.09 bits per heavy atom. The van der Waals surface area contributed by atoms with Crippen LogP contribution in [0.4, 0.5) is 10.6 Å². The van der Waals surface area contributed by atoms with E-state index in [0.29, 0.717) is 17.3 Å². The van der Waals surface area contributed by atoms with Crippen LogP contribution in [0.1, 0.15) is 42.2 Å². The molecular weight excluding hydrogens is 430 g/mol. The van der Waals surface area contributed by atoms with E-state index in [9.17, 15) is 14.4 Å². The molecule has 5 heterocycles. The number of urea groups is 1. The summed E-state index contributed by atoms with van der Waals surface area (Å²) in [4.78, 5) is 43.5. The number of hydrogen-bond donors (Lipinski definition) is 3. The molecule has 0 spiro atoms. The average molecular weight is 452 g/mol. The molecule has 0 bridgehead atoms. The monoisotopic (exact) mass is 451 g/mol. The van der Waals surface area contributed by atoms with Gasteiger partial charge in [0.1, 0.15) is 11.5 Å². The van der Waals surface area contributed by atoms with Gasteiger partial charge >= 0.3 is 6.03 Å². The Balaban J connectivity index is 1.34. The first kappa shape index (κ1) is 19.4. The molecule has 3 fully saturated rings. The van der Waals surface area contributed by atoms with Gasteiger partial charge in [0.2, 0.25) is 0 Å². The molecule has 6 rings (SSSR count). The number of amides is 4. The van der Waals surface area contributed by atoms with Gasteiger partial charge in [-0.05, 0) is 31.8 Å². The van der Waals surface area contributed by atoms with Crippen molar-refractivity contribution >= 4 is 47.1 Å². The van der Waals surface area contributed by atoms with Gasteiger partial charge in [0.25, 0.3) is 11.8 Å². The summed E-state index contributed by atoms with van der Waals surface area (Å²) in [5, 5.41) is 12.7. The van der Waals surface area contributed by atoms with Crippen LogP contribution < -0.4 is 16.0 Å². The van der Waals surface area contributed by atoms with E-state index in [1.165, 1.54) is 0 Å². The van der Waals surface area contributed by atoms with Crippen LogP contribution in [0.2, 0.25) is 0 Å². The normalized spacial score (nSPS) is 23.9. The molecule has 0 aromatic carbocycles. The van der Waals surface area contributed by atoms with Crippen LogP contribution in [0.3, 0.4) is 0 Å². The van der Waals surface area contributed by atoms with Crippen LogP contribution in [-0.4, -0.2) is 56.5 Å². The zero-order valence-corrected chi connectivity index (χ0v) is 17.9. The van der Waals surface area contributed by atoms with Crippen molar-refractivity contribution in [3.8, 4) is 0 Å². The number of rotatable bonds is 5.